The van der Waals surface area contributed by atoms with Gasteiger partial charge >= 0.3 is 23.9 Å². The minimum Gasteiger partial charge on any atom is -0.459 e. The number of esters is 4. The molecule has 0 aliphatic rings. The number of benzene rings is 1. The van der Waals surface area contributed by atoms with Crippen molar-refractivity contribution in [1.82, 2.24) is 0 Å². The summed E-state index contributed by atoms with van der Waals surface area (Å²) >= 11 is 0. The maximum Gasteiger partial charge on any atom is 0.323 e. The number of ether oxygens (including phenoxy) is 4. The van der Waals surface area contributed by atoms with Gasteiger partial charge in [-0.05, 0) is 85.9 Å². The number of nitrogens with two attached hydrogens (primary N) is 1. The fourth-order valence-corrected chi connectivity index (χ4v) is 2.62. The van der Waals surface area contributed by atoms with E-state index in [1.54, 1.807) is 68.4 Å². The topological polar surface area (TPSA) is 131 Å². The summed E-state index contributed by atoms with van der Waals surface area (Å²) in [6.45, 7) is 17.2. The molecule has 9 heteroatoms. The highest BCUT2D eigenvalue weighted by molar-refractivity contribution is 5.81. The van der Waals surface area contributed by atoms with Crippen molar-refractivity contribution in [2.75, 3.05) is 0 Å². The molecule has 37 heavy (non-hydrogen) atoms. The maximum atomic E-state index is 12.6. The zero-order valence-electron chi connectivity index (χ0n) is 23.8. The largest absolute Gasteiger partial charge is 0.459 e. The summed E-state index contributed by atoms with van der Waals surface area (Å²) < 4.78 is 21.8. The highest BCUT2D eigenvalue weighted by Gasteiger charge is 2.29. The number of carbonyl (C=O) groups is 4. The number of rotatable bonds is 10. The van der Waals surface area contributed by atoms with Crippen LogP contribution in [-0.2, 0) is 35.1 Å². The smallest absolute Gasteiger partial charge is 0.323 e. The molecule has 9 nitrogen and oxygen atoms in total. The van der Waals surface area contributed by atoms with Crippen LogP contribution in [0.4, 0.5) is 0 Å². The molecule has 0 aliphatic carbocycles. The predicted octanol–water partition coefficient (Wildman–Crippen LogP) is 4.37. The fraction of sp³-hybridized carbons (Fsp3) is 0.643. The number of hydrogen-bond donors (Lipinski definition) is 1. The monoisotopic (exact) mass is 521 g/mol. The van der Waals surface area contributed by atoms with E-state index < -0.39 is 47.0 Å². The molecule has 0 saturated heterocycles. The molecule has 0 aromatic heterocycles. The highest BCUT2D eigenvalue weighted by atomic mass is 16.6. The average molecular weight is 522 g/mol. The molecule has 0 spiro atoms. The van der Waals surface area contributed by atoms with E-state index in [1.807, 2.05) is 6.92 Å². The zero-order valence-corrected chi connectivity index (χ0v) is 23.8. The van der Waals surface area contributed by atoms with Gasteiger partial charge in [-0.3, -0.25) is 19.2 Å². The highest BCUT2D eigenvalue weighted by Crippen LogP contribution is 2.33. The van der Waals surface area contributed by atoms with Crippen LogP contribution in [0.25, 0.3) is 0 Å². The molecule has 208 valence electrons. The van der Waals surface area contributed by atoms with Crippen molar-refractivity contribution < 1.29 is 38.1 Å². The van der Waals surface area contributed by atoms with Crippen molar-refractivity contribution in [3.63, 3.8) is 0 Å². The molecule has 4 atom stereocenters. The molecule has 2 N–H and O–H groups in total. The molecule has 0 amide bonds. The SMILES string of the molecule is CCC(C)C(=O)OC(C)[C@H](C)OC(=O)[C@@H](N)Cc1ccc(OC(=O)C(C)(C)C)c(OC(=O)C(C)(C)C)c1. The number of carbonyl (C=O) groups excluding carboxylic acids is 4. The van der Waals surface area contributed by atoms with E-state index in [0.29, 0.717) is 12.0 Å². The van der Waals surface area contributed by atoms with Crippen molar-refractivity contribution in [3.8, 4) is 11.5 Å². The second-order valence-electron chi connectivity index (χ2n) is 11.5. The Labute approximate surface area is 220 Å². The molecule has 0 aliphatic heterocycles. The van der Waals surface area contributed by atoms with Crippen LogP contribution in [-0.4, -0.2) is 42.1 Å². The molecule has 0 saturated carbocycles. The van der Waals surface area contributed by atoms with Crippen molar-refractivity contribution in [1.29, 1.82) is 0 Å². The van der Waals surface area contributed by atoms with E-state index in [1.165, 1.54) is 12.1 Å². The summed E-state index contributed by atoms with van der Waals surface area (Å²) in [6, 6.07) is 3.62. The molecule has 0 bridgehead atoms. The minimum absolute atomic E-state index is 0.0505. The van der Waals surface area contributed by atoms with E-state index in [2.05, 4.69) is 0 Å². The van der Waals surface area contributed by atoms with Crippen molar-refractivity contribution in [3.05, 3.63) is 23.8 Å². The standard InChI is InChI=1S/C28H43NO8/c1-11-16(2)23(30)34-17(3)18(4)35-24(31)20(29)14-19-12-13-21(36-25(32)27(5,6)7)22(15-19)37-26(33)28(8,9)10/h12-13,15-18,20H,11,14,29H2,1-10H3/t16?,17?,18-,20-/m0/s1. The van der Waals surface area contributed by atoms with Crippen molar-refractivity contribution in [2.45, 2.75) is 100 Å². The van der Waals surface area contributed by atoms with Gasteiger partial charge in [-0.1, -0.05) is 19.9 Å². The van der Waals surface area contributed by atoms with E-state index >= 15 is 0 Å². The van der Waals surface area contributed by atoms with Crippen LogP contribution in [0.1, 0.15) is 81.2 Å². The first-order valence-electron chi connectivity index (χ1n) is 12.6. The lowest BCUT2D eigenvalue weighted by Gasteiger charge is -2.24. The molecule has 0 radical (unpaired) electrons. The quantitative estimate of drug-likeness (QED) is 0.352. The molecule has 2 unspecified atom stereocenters. The Balaban J connectivity index is 3.01. The average Bonchev–Trinajstić information content (AvgIpc) is 2.78. The Morgan fingerprint density at radius 1 is 0.784 bits per heavy atom. The third-order valence-electron chi connectivity index (χ3n) is 5.68. The van der Waals surface area contributed by atoms with Gasteiger partial charge in [0.05, 0.1) is 16.7 Å². The second-order valence-corrected chi connectivity index (χ2v) is 11.5. The Bertz CT molecular complexity index is 973. The van der Waals surface area contributed by atoms with Gasteiger partial charge in [0.15, 0.2) is 11.5 Å². The van der Waals surface area contributed by atoms with Crippen LogP contribution in [0.2, 0.25) is 0 Å². The lowest BCUT2D eigenvalue weighted by Crippen LogP contribution is -2.40. The molecular formula is C28H43NO8. The van der Waals surface area contributed by atoms with Gasteiger partial charge < -0.3 is 24.7 Å². The van der Waals surface area contributed by atoms with E-state index in [9.17, 15) is 19.2 Å². The van der Waals surface area contributed by atoms with E-state index in [-0.39, 0.29) is 29.8 Å². The molecular weight excluding hydrogens is 478 g/mol. The molecule has 1 rings (SSSR count). The van der Waals surface area contributed by atoms with E-state index in [0.717, 1.165) is 0 Å². The molecule has 0 fully saturated rings. The summed E-state index contributed by atoms with van der Waals surface area (Å²) in [4.78, 5) is 49.6. The first-order valence-corrected chi connectivity index (χ1v) is 12.6. The van der Waals surface area contributed by atoms with Crippen molar-refractivity contribution >= 4 is 23.9 Å². The Hall–Kier alpha value is -2.94. The van der Waals surface area contributed by atoms with Gasteiger partial charge in [-0.25, -0.2) is 0 Å². The summed E-state index contributed by atoms with van der Waals surface area (Å²) in [5.74, 6) is -2.15. The van der Waals surface area contributed by atoms with Crippen LogP contribution in [0.15, 0.2) is 18.2 Å². The Morgan fingerprint density at radius 3 is 1.70 bits per heavy atom. The van der Waals surface area contributed by atoms with Gasteiger partial charge in [0.1, 0.15) is 18.2 Å². The van der Waals surface area contributed by atoms with Crippen LogP contribution >= 0.6 is 0 Å². The van der Waals surface area contributed by atoms with Crippen molar-refractivity contribution in [2.24, 2.45) is 22.5 Å². The first kappa shape index (κ1) is 32.1. The normalized spacial score (nSPS) is 15.1. The van der Waals surface area contributed by atoms with Gasteiger partial charge in [0, 0.05) is 0 Å². The third kappa shape index (κ3) is 10.1. The fourth-order valence-electron chi connectivity index (χ4n) is 2.62. The van der Waals surface area contributed by atoms with Crippen LogP contribution in [0, 0.1) is 16.7 Å². The lowest BCUT2D eigenvalue weighted by molar-refractivity contribution is -0.168. The van der Waals surface area contributed by atoms with Crippen LogP contribution < -0.4 is 15.2 Å². The Kier molecular flexibility index (Phi) is 11.3. The van der Waals surface area contributed by atoms with Gasteiger partial charge in [0.2, 0.25) is 0 Å². The zero-order chi connectivity index (χ0) is 28.7. The predicted molar refractivity (Wildman–Crippen MR) is 139 cm³/mol. The maximum absolute atomic E-state index is 12.6. The molecule has 0 heterocycles. The first-order chi connectivity index (χ1) is 16.9. The summed E-state index contributed by atoms with van der Waals surface area (Å²) in [5, 5.41) is 0. The summed E-state index contributed by atoms with van der Waals surface area (Å²) in [5.41, 5.74) is 5.09. The van der Waals surface area contributed by atoms with Gasteiger partial charge in [0.25, 0.3) is 0 Å². The lowest BCUT2D eigenvalue weighted by atomic mass is 9.97. The van der Waals surface area contributed by atoms with Gasteiger partial charge in [-0.2, -0.15) is 0 Å². The minimum atomic E-state index is -1.03. The summed E-state index contributed by atoms with van der Waals surface area (Å²) in [7, 11) is 0. The molecule has 1 aromatic rings. The summed E-state index contributed by atoms with van der Waals surface area (Å²) in [6.07, 6.45) is -0.627. The van der Waals surface area contributed by atoms with Crippen LogP contribution in [0.3, 0.4) is 0 Å². The van der Waals surface area contributed by atoms with E-state index in [4.69, 9.17) is 24.7 Å². The van der Waals surface area contributed by atoms with Gasteiger partial charge in [-0.15, -0.1) is 0 Å². The van der Waals surface area contributed by atoms with Crippen LogP contribution in [0.5, 0.6) is 11.5 Å². The molecule has 1 aromatic carbocycles. The Morgan fingerprint density at radius 2 is 1.24 bits per heavy atom. The third-order valence-corrected chi connectivity index (χ3v) is 5.68. The number of hydrogen-bond acceptors (Lipinski definition) is 9. The second kappa shape index (κ2) is 13.0.